The van der Waals surface area contributed by atoms with Gasteiger partial charge in [0.05, 0.1) is 38.0 Å². The number of morpholine rings is 1. The number of hydrogen-bond donors (Lipinski definition) is 0. The van der Waals surface area contributed by atoms with Crippen molar-refractivity contribution in [2.24, 2.45) is 5.92 Å². The molecule has 30 heavy (non-hydrogen) atoms. The summed E-state index contributed by atoms with van der Waals surface area (Å²) < 4.78 is 16.7. The number of Topliss-reactive ketones (excluding diaryl/α,β-unsaturated/α-hetero) is 1. The fourth-order valence-corrected chi connectivity index (χ4v) is 4.46. The molecular weight excluding hydrogens is 382 g/mol. The molecule has 2 atom stereocenters. The van der Waals surface area contributed by atoms with E-state index in [4.69, 9.17) is 14.2 Å². The van der Waals surface area contributed by atoms with Crippen molar-refractivity contribution in [3.63, 3.8) is 0 Å². The molecule has 0 radical (unpaired) electrons. The van der Waals surface area contributed by atoms with E-state index in [1.165, 1.54) is 0 Å². The number of piperidine rings is 1. The number of methoxy groups -OCH3 is 1. The minimum atomic E-state index is -0.337. The molecule has 2 bridgehead atoms. The number of aryl methyl sites for hydroxylation is 1. The maximum Gasteiger partial charge on any atom is 0.410 e. The van der Waals surface area contributed by atoms with Gasteiger partial charge < -0.3 is 14.2 Å². The van der Waals surface area contributed by atoms with Gasteiger partial charge in [-0.05, 0) is 37.5 Å². The molecule has 0 saturated carbocycles. The molecule has 0 aliphatic carbocycles. The van der Waals surface area contributed by atoms with E-state index in [0.29, 0.717) is 37.4 Å². The topological polar surface area (TPSA) is 65.1 Å². The Hall–Kier alpha value is -2.86. The van der Waals surface area contributed by atoms with Crippen LogP contribution in [0.2, 0.25) is 0 Å². The zero-order valence-electron chi connectivity index (χ0n) is 17.4. The van der Waals surface area contributed by atoms with Gasteiger partial charge in [0.2, 0.25) is 0 Å². The Morgan fingerprint density at radius 2 is 1.77 bits per heavy atom. The van der Waals surface area contributed by atoms with Crippen LogP contribution in [0.4, 0.5) is 4.79 Å². The summed E-state index contributed by atoms with van der Waals surface area (Å²) in [5.41, 5.74) is 2.58. The van der Waals surface area contributed by atoms with Crippen molar-refractivity contribution in [1.29, 1.82) is 0 Å². The van der Waals surface area contributed by atoms with Gasteiger partial charge >= 0.3 is 6.09 Å². The van der Waals surface area contributed by atoms with Crippen molar-refractivity contribution in [3.05, 3.63) is 65.2 Å². The first-order valence-electron chi connectivity index (χ1n) is 10.3. The lowest BCUT2D eigenvalue weighted by Crippen LogP contribution is -2.59. The maximum atomic E-state index is 13.3. The monoisotopic (exact) mass is 409 g/mol. The summed E-state index contributed by atoms with van der Waals surface area (Å²) in [6, 6.07) is 15.0. The van der Waals surface area contributed by atoms with Crippen LogP contribution in [-0.2, 0) is 16.1 Å². The fourth-order valence-electron chi connectivity index (χ4n) is 4.46. The third kappa shape index (κ3) is 4.19. The number of hydrogen-bond acceptors (Lipinski definition) is 5. The molecular formula is C24H27NO5. The molecule has 2 heterocycles. The summed E-state index contributed by atoms with van der Waals surface area (Å²) in [6.45, 7) is 3.04. The van der Waals surface area contributed by atoms with Crippen LogP contribution >= 0.6 is 0 Å². The van der Waals surface area contributed by atoms with Crippen LogP contribution in [0.25, 0.3) is 0 Å². The van der Waals surface area contributed by atoms with Gasteiger partial charge in [-0.25, -0.2) is 4.79 Å². The van der Waals surface area contributed by atoms with Crippen LogP contribution in [0.3, 0.4) is 0 Å². The SMILES string of the molecule is COc1ccc(C)cc1C(=O)C1CC2COCC(C1)N2C(=O)OCc1ccccc1. The van der Waals surface area contributed by atoms with Gasteiger partial charge in [0.15, 0.2) is 5.78 Å². The summed E-state index contributed by atoms with van der Waals surface area (Å²) in [5, 5.41) is 0. The van der Waals surface area contributed by atoms with Crippen molar-refractivity contribution in [1.82, 2.24) is 4.90 Å². The summed E-state index contributed by atoms with van der Waals surface area (Å²) >= 11 is 0. The van der Waals surface area contributed by atoms with Gasteiger partial charge in [0, 0.05) is 5.92 Å². The van der Waals surface area contributed by atoms with E-state index in [9.17, 15) is 9.59 Å². The fraction of sp³-hybridized carbons (Fsp3) is 0.417. The van der Waals surface area contributed by atoms with E-state index in [2.05, 4.69) is 0 Å². The molecule has 0 N–H and O–H groups in total. The Morgan fingerprint density at radius 1 is 1.07 bits per heavy atom. The summed E-state index contributed by atoms with van der Waals surface area (Å²) in [4.78, 5) is 27.9. The Kier molecular flexibility index (Phi) is 6.04. The van der Waals surface area contributed by atoms with Gasteiger partial charge in [-0.15, -0.1) is 0 Å². The Labute approximate surface area is 176 Å². The Balaban J connectivity index is 1.46. The maximum absolute atomic E-state index is 13.3. The van der Waals surface area contributed by atoms with Gasteiger partial charge in [0.1, 0.15) is 12.4 Å². The van der Waals surface area contributed by atoms with E-state index in [1.54, 1.807) is 12.0 Å². The molecule has 2 aliphatic heterocycles. The molecule has 2 aromatic rings. The quantitative estimate of drug-likeness (QED) is 0.699. The molecule has 6 heteroatoms. The zero-order valence-corrected chi connectivity index (χ0v) is 17.4. The van der Waals surface area contributed by atoms with Crippen LogP contribution in [-0.4, -0.2) is 49.2 Å². The van der Waals surface area contributed by atoms with E-state index in [0.717, 1.165) is 11.1 Å². The number of nitrogens with zero attached hydrogens (tertiary/aromatic N) is 1. The minimum absolute atomic E-state index is 0.0738. The molecule has 2 unspecified atom stereocenters. The molecule has 158 valence electrons. The van der Waals surface area contributed by atoms with E-state index in [-0.39, 0.29) is 36.5 Å². The third-order valence-corrected chi connectivity index (χ3v) is 5.93. The molecule has 2 aliphatic rings. The van der Waals surface area contributed by atoms with Crippen molar-refractivity contribution in [2.75, 3.05) is 20.3 Å². The first kappa shape index (κ1) is 20.4. The predicted octanol–water partition coefficient (Wildman–Crippen LogP) is 4.00. The van der Waals surface area contributed by atoms with Crippen LogP contribution in [0, 0.1) is 12.8 Å². The van der Waals surface area contributed by atoms with Gasteiger partial charge in [-0.3, -0.25) is 9.69 Å². The van der Waals surface area contributed by atoms with Gasteiger partial charge in [-0.2, -0.15) is 0 Å². The number of ketones is 1. The standard InChI is InChI=1S/C24H27NO5/c1-16-8-9-22(28-2)21(10-16)23(26)18-11-19-14-29-15-20(12-18)25(19)24(27)30-13-17-6-4-3-5-7-17/h3-10,18-20H,11-15H2,1-2H3. The second kappa shape index (κ2) is 8.88. The lowest BCUT2D eigenvalue weighted by atomic mass is 9.80. The van der Waals surface area contributed by atoms with Gasteiger partial charge in [0.25, 0.3) is 0 Å². The normalized spacial score (nSPS) is 23.0. The lowest BCUT2D eigenvalue weighted by Gasteiger charge is -2.47. The van der Waals surface area contributed by atoms with Gasteiger partial charge in [-0.1, -0.05) is 42.0 Å². The summed E-state index contributed by atoms with van der Waals surface area (Å²) in [7, 11) is 1.58. The molecule has 0 aromatic heterocycles. The number of amides is 1. The number of benzene rings is 2. The average Bonchev–Trinajstić information content (AvgIpc) is 2.76. The predicted molar refractivity (Wildman–Crippen MR) is 112 cm³/mol. The molecule has 2 fully saturated rings. The highest BCUT2D eigenvalue weighted by Gasteiger charge is 2.44. The van der Waals surface area contributed by atoms with Crippen molar-refractivity contribution in [2.45, 2.75) is 38.5 Å². The number of carbonyl (C=O) groups excluding carboxylic acids is 2. The second-order valence-corrected chi connectivity index (χ2v) is 8.03. The van der Waals surface area contributed by atoms with E-state index < -0.39 is 0 Å². The molecule has 2 saturated heterocycles. The smallest absolute Gasteiger partial charge is 0.410 e. The number of carbonyl (C=O) groups is 2. The first-order valence-corrected chi connectivity index (χ1v) is 10.3. The number of fused-ring (bicyclic) bond motifs is 2. The number of rotatable bonds is 5. The molecule has 0 spiro atoms. The highest BCUT2D eigenvalue weighted by molar-refractivity contribution is 6.00. The Bertz CT molecular complexity index is 899. The van der Waals surface area contributed by atoms with Crippen molar-refractivity contribution >= 4 is 11.9 Å². The summed E-state index contributed by atoms with van der Waals surface area (Å²) in [5.74, 6) is 0.499. The molecule has 2 aromatic carbocycles. The highest BCUT2D eigenvalue weighted by Crippen LogP contribution is 2.35. The van der Waals surface area contributed by atoms with E-state index >= 15 is 0 Å². The van der Waals surface area contributed by atoms with Crippen LogP contribution < -0.4 is 4.74 Å². The molecule has 4 rings (SSSR count). The van der Waals surface area contributed by atoms with Crippen LogP contribution in [0.15, 0.2) is 48.5 Å². The van der Waals surface area contributed by atoms with Crippen LogP contribution in [0.1, 0.15) is 34.3 Å². The van der Waals surface area contributed by atoms with Crippen molar-refractivity contribution in [3.8, 4) is 5.75 Å². The zero-order chi connectivity index (χ0) is 21.1. The largest absolute Gasteiger partial charge is 0.496 e. The van der Waals surface area contributed by atoms with E-state index in [1.807, 2.05) is 55.5 Å². The second-order valence-electron chi connectivity index (χ2n) is 8.03. The molecule has 6 nitrogen and oxygen atoms in total. The first-order chi connectivity index (χ1) is 14.6. The summed E-state index contributed by atoms with van der Waals surface area (Å²) in [6.07, 6.45) is 0.788. The minimum Gasteiger partial charge on any atom is -0.496 e. The number of ether oxygens (including phenoxy) is 3. The average molecular weight is 409 g/mol. The van der Waals surface area contributed by atoms with Crippen LogP contribution in [0.5, 0.6) is 5.75 Å². The molecule has 1 amide bonds. The van der Waals surface area contributed by atoms with Crippen molar-refractivity contribution < 1.29 is 23.8 Å². The highest BCUT2D eigenvalue weighted by atomic mass is 16.6. The third-order valence-electron chi connectivity index (χ3n) is 5.93. The Morgan fingerprint density at radius 3 is 2.43 bits per heavy atom. The lowest BCUT2D eigenvalue weighted by molar-refractivity contribution is -0.0755.